The van der Waals surface area contributed by atoms with E-state index in [9.17, 15) is 9.59 Å². The standard InChI is InChI=1S/C25H32ClN3O3S/c1-27-11-13-28(14-12-27)24(31)17-25(19-32-21-7-5-20(26)6-8-21)9-3-10-29(18-25)23(30)16-22-4-2-15-33-22/h2,4-8,15H,3,9-14,16-19H2,1H3. The number of hydrogen-bond acceptors (Lipinski definition) is 5. The molecule has 0 N–H and O–H groups in total. The number of hydrogen-bond donors (Lipinski definition) is 0. The third kappa shape index (κ3) is 6.49. The summed E-state index contributed by atoms with van der Waals surface area (Å²) in [6.45, 7) is 4.97. The van der Waals surface area contributed by atoms with Crippen LogP contribution in [0.1, 0.15) is 24.1 Å². The average Bonchev–Trinajstić information content (AvgIpc) is 3.32. The normalized spacial score (nSPS) is 21.8. The molecule has 0 aliphatic carbocycles. The van der Waals surface area contributed by atoms with Crippen LogP contribution in [0.15, 0.2) is 41.8 Å². The molecule has 2 saturated heterocycles. The number of amides is 2. The van der Waals surface area contributed by atoms with Crippen molar-refractivity contribution in [3.8, 4) is 5.75 Å². The summed E-state index contributed by atoms with van der Waals surface area (Å²) >= 11 is 7.62. The van der Waals surface area contributed by atoms with E-state index in [1.165, 1.54) is 0 Å². The van der Waals surface area contributed by atoms with E-state index in [0.717, 1.165) is 56.2 Å². The van der Waals surface area contributed by atoms with Crippen molar-refractivity contribution in [2.75, 3.05) is 52.9 Å². The zero-order valence-corrected chi connectivity index (χ0v) is 20.7. The average molecular weight is 490 g/mol. The first-order valence-corrected chi connectivity index (χ1v) is 12.8. The fraction of sp³-hybridized carbons (Fsp3) is 0.520. The Hall–Kier alpha value is -2.09. The van der Waals surface area contributed by atoms with Crippen LogP contribution in [0.2, 0.25) is 5.02 Å². The minimum atomic E-state index is -0.399. The van der Waals surface area contributed by atoms with Crippen LogP contribution in [0.5, 0.6) is 5.75 Å². The number of likely N-dealkylation sites (N-methyl/N-ethyl adjacent to an activating group) is 1. The summed E-state index contributed by atoms with van der Waals surface area (Å²) in [7, 11) is 2.08. The number of ether oxygens (including phenoxy) is 1. The summed E-state index contributed by atoms with van der Waals surface area (Å²) in [5.74, 6) is 1.02. The highest BCUT2D eigenvalue weighted by atomic mass is 35.5. The number of carbonyl (C=O) groups excluding carboxylic acids is 2. The number of nitrogens with zero attached hydrogens (tertiary/aromatic N) is 3. The Labute approximate surface area is 205 Å². The van der Waals surface area contributed by atoms with Gasteiger partial charge >= 0.3 is 0 Å². The Kier molecular flexibility index (Phi) is 7.94. The van der Waals surface area contributed by atoms with Crippen LogP contribution in [0.25, 0.3) is 0 Å². The molecule has 2 fully saturated rings. The molecular weight excluding hydrogens is 458 g/mol. The summed E-state index contributed by atoms with van der Waals surface area (Å²) in [5, 5.41) is 2.66. The van der Waals surface area contributed by atoms with Gasteiger partial charge in [0.1, 0.15) is 5.75 Å². The van der Waals surface area contributed by atoms with Gasteiger partial charge in [0.2, 0.25) is 11.8 Å². The Balaban J connectivity index is 1.47. The molecule has 2 aromatic rings. The van der Waals surface area contributed by atoms with E-state index in [0.29, 0.717) is 31.0 Å². The molecule has 1 aromatic carbocycles. The number of benzene rings is 1. The smallest absolute Gasteiger partial charge is 0.227 e. The molecule has 2 aliphatic rings. The van der Waals surface area contributed by atoms with Crippen LogP contribution in [-0.2, 0) is 16.0 Å². The zero-order valence-electron chi connectivity index (χ0n) is 19.2. The quantitative estimate of drug-likeness (QED) is 0.593. The molecule has 1 aromatic heterocycles. The number of likely N-dealkylation sites (tertiary alicyclic amines) is 1. The van der Waals surface area contributed by atoms with Crippen molar-refractivity contribution in [1.82, 2.24) is 14.7 Å². The van der Waals surface area contributed by atoms with Gasteiger partial charge in [0, 0.05) is 61.0 Å². The molecule has 0 radical (unpaired) electrons. The van der Waals surface area contributed by atoms with E-state index in [1.54, 1.807) is 23.5 Å². The lowest BCUT2D eigenvalue weighted by atomic mass is 9.77. The lowest BCUT2D eigenvalue weighted by Gasteiger charge is -2.43. The van der Waals surface area contributed by atoms with Crippen molar-refractivity contribution in [1.29, 1.82) is 0 Å². The summed E-state index contributed by atoms with van der Waals surface area (Å²) in [6.07, 6.45) is 2.55. The van der Waals surface area contributed by atoms with Gasteiger partial charge in [-0.15, -0.1) is 11.3 Å². The number of halogens is 1. The van der Waals surface area contributed by atoms with Crippen molar-refractivity contribution in [2.45, 2.75) is 25.7 Å². The number of carbonyl (C=O) groups is 2. The zero-order chi connectivity index (χ0) is 23.3. The summed E-state index contributed by atoms with van der Waals surface area (Å²) < 4.78 is 6.17. The molecule has 0 bridgehead atoms. The van der Waals surface area contributed by atoms with E-state index in [4.69, 9.17) is 16.3 Å². The maximum atomic E-state index is 13.3. The molecule has 0 spiro atoms. The van der Waals surface area contributed by atoms with E-state index in [-0.39, 0.29) is 11.8 Å². The van der Waals surface area contributed by atoms with Gasteiger partial charge in [-0.2, -0.15) is 0 Å². The highest BCUT2D eigenvalue weighted by molar-refractivity contribution is 7.10. The topological polar surface area (TPSA) is 53.1 Å². The Bertz CT molecular complexity index is 929. The molecule has 2 amide bonds. The minimum Gasteiger partial charge on any atom is -0.493 e. The van der Waals surface area contributed by atoms with E-state index in [1.807, 2.05) is 39.4 Å². The summed E-state index contributed by atoms with van der Waals surface area (Å²) in [5.41, 5.74) is -0.399. The van der Waals surface area contributed by atoms with Gasteiger partial charge < -0.3 is 19.4 Å². The van der Waals surface area contributed by atoms with Gasteiger partial charge in [-0.3, -0.25) is 9.59 Å². The molecule has 0 saturated carbocycles. The predicted octanol–water partition coefficient (Wildman–Crippen LogP) is 3.80. The van der Waals surface area contributed by atoms with Crippen molar-refractivity contribution in [3.63, 3.8) is 0 Å². The van der Waals surface area contributed by atoms with Crippen LogP contribution < -0.4 is 4.74 Å². The van der Waals surface area contributed by atoms with Crippen molar-refractivity contribution in [2.24, 2.45) is 5.41 Å². The molecule has 4 rings (SSSR count). The van der Waals surface area contributed by atoms with Crippen molar-refractivity contribution in [3.05, 3.63) is 51.7 Å². The van der Waals surface area contributed by atoms with Crippen LogP contribution in [0, 0.1) is 5.41 Å². The third-order valence-electron chi connectivity index (χ3n) is 6.66. The molecule has 33 heavy (non-hydrogen) atoms. The number of piperazine rings is 1. The third-order valence-corrected chi connectivity index (χ3v) is 7.79. The highest BCUT2D eigenvalue weighted by Crippen LogP contribution is 2.36. The molecule has 1 unspecified atom stereocenters. The van der Waals surface area contributed by atoms with E-state index >= 15 is 0 Å². The second-order valence-electron chi connectivity index (χ2n) is 9.28. The monoisotopic (exact) mass is 489 g/mol. The van der Waals surface area contributed by atoms with Crippen LogP contribution >= 0.6 is 22.9 Å². The Morgan fingerprint density at radius 1 is 1.03 bits per heavy atom. The molecule has 178 valence electrons. The fourth-order valence-corrected chi connectivity index (χ4v) is 5.49. The van der Waals surface area contributed by atoms with Crippen LogP contribution in [0.4, 0.5) is 0 Å². The molecule has 6 nitrogen and oxygen atoms in total. The molecule has 8 heteroatoms. The summed E-state index contributed by atoms with van der Waals surface area (Å²) in [6, 6.07) is 11.3. The number of piperidine rings is 1. The Morgan fingerprint density at radius 2 is 1.79 bits per heavy atom. The predicted molar refractivity (Wildman–Crippen MR) is 132 cm³/mol. The molecule has 2 aliphatic heterocycles. The van der Waals surface area contributed by atoms with E-state index < -0.39 is 5.41 Å². The van der Waals surface area contributed by atoms with Gasteiger partial charge in [-0.05, 0) is 55.6 Å². The number of rotatable bonds is 7. The highest BCUT2D eigenvalue weighted by Gasteiger charge is 2.41. The largest absolute Gasteiger partial charge is 0.493 e. The second-order valence-corrected chi connectivity index (χ2v) is 10.7. The van der Waals surface area contributed by atoms with Crippen LogP contribution in [-0.4, -0.2) is 79.4 Å². The maximum absolute atomic E-state index is 13.3. The Morgan fingerprint density at radius 3 is 2.48 bits per heavy atom. The van der Waals surface area contributed by atoms with Crippen molar-refractivity contribution < 1.29 is 14.3 Å². The lowest BCUT2D eigenvalue weighted by Crippen LogP contribution is -2.53. The minimum absolute atomic E-state index is 0.125. The SMILES string of the molecule is CN1CCN(C(=O)CC2(COc3ccc(Cl)cc3)CCCN(C(=O)Cc3cccs3)C2)CC1. The van der Waals surface area contributed by atoms with Gasteiger partial charge in [-0.25, -0.2) is 0 Å². The number of thiophene rings is 1. The van der Waals surface area contributed by atoms with E-state index in [2.05, 4.69) is 11.9 Å². The van der Waals surface area contributed by atoms with Crippen LogP contribution in [0.3, 0.4) is 0 Å². The first-order chi connectivity index (χ1) is 15.9. The first-order valence-electron chi connectivity index (χ1n) is 11.6. The van der Waals surface area contributed by atoms with Gasteiger partial charge in [0.15, 0.2) is 0 Å². The lowest BCUT2D eigenvalue weighted by molar-refractivity contribution is -0.142. The van der Waals surface area contributed by atoms with Gasteiger partial charge in [0.05, 0.1) is 13.0 Å². The van der Waals surface area contributed by atoms with Gasteiger partial charge in [-0.1, -0.05) is 17.7 Å². The maximum Gasteiger partial charge on any atom is 0.227 e. The molecule has 3 heterocycles. The van der Waals surface area contributed by atoms with Crippen molar-refractivity contribution >= 4 is 34.8 Å². The molecule has 1 atom stereocenters. The van der Waals surface area contributed by atoms with Gasteiger partial charge in [0.25, 0.3) is 0 Å². The fourth-order valence-electron chi connectivity index (χ4n) is 4.66. The second kappa shape index (κ2) is 10.9. The first kappa shape index (κ1) is 24.0. The molecular formula is C25H32ClN3O3S. The summed E-state index contributed by atoms with van der Waals surface area (Å²) in [4.78, 5) is 33.6.